The predicted octanol–water partition coefficient (Wildman–Crippen LogP) is 2.58. The number of aliphatic imine (C=N–C) groups is 1. The molecule has 124 valence electrons. The molecule has 0 unspecified atom stereocenters. The van der Waals surface area contributed by atoms with Gasteiger partial charge in [0.15, 0.2) is 5.96 Å². The van der Waals surface area contributed by atoms with Gasteiger partial charge in [-0.2, -0.15) is 0 Å². The third-order valence-electron chi connectivity index (χ3n) is 4.27. The van der Waals surface area contributed by atoms with Gasteiger partial charge in [0.2, 0.25) is 0 Å². The fourth-order valence-corrected chi connectivity index (χ4v) is 2.61. The quantitative estimate of drug-likeness (QED) is 0.465. The molecule has 5 heteroatoms. The number of guanidine groups is 1. The van der Waals surface area contributed by atoms with Gasteiger partial charge in [0, 0.05) is 39.3 Å². The van der Waals surface area contributed by atoms with E-state index in [0.29, 0.717) is 6.04 Å². The van der Waals surface area contributed by atoms with Gasteiger partial charge in [-0.1, -0.05) is 24.3 Å². The maximum absolute atomic E-state index is 4.44. The number of hydrogen-bond donors (Lipinski definition) is 1. The Kier molecular flexibility index (Phi) is 8.17. The maximum Gasteiger partial charge on any atom is 0.194 e. The molecule has 1 aromatic rings. The van der Waals surface area contributed by atoms with Crippen molar-refractivity contribution in [2.75, 3.05) is 33.7 Å². The summed E-state index contributed by atoms with van der Waals surface area (Å²) in [6.45, 7) is 8.39. The van der Waals surface area contributed by atoms with Crippen LogP contribution in [0.1, 0.15) is 25.0 Å². The number of halogens is 1. The summed E-state index contributed by atoms with van der Waals surface area (Å²) in [5.74, 6) is 1.02. The molecule has 2 rings (SSSR count). The minimum Gasteiger partial charge on any atom is -0.355 e. The molecule has 0 saturated carbocycles. The first-order chi connectivity index (χ1) is 10.1. The van der Waals surface area contributed by atoms with Gasteiger partial charge in [0.1, 0.15) is 0 Å². The second-order valence-corrected chi connectivity index (χ2v) is 5.99. The monoisotopic (exact) mass is 416 g/mol. The molecule has 0 spiro atoms. The molecule has 4 nitrogen and oxygen atoms in total. The Balaban J connectivity index is 0.00000242. The van der Waals surface area contributed by atoms with Crippen LogP contribution < -0.4 is 5.32 Å². The molecule has 0 fully saturated rings. The van der Waals surface area contributed by atoms with Crippen LogP contribution in [-0.4, -0.2) is 55.5 Å². The molecule has 0 amide bonds. The first-order valence-corrected chi connectivity index (χ1v) is 7.84. The van der Waals surface area contributed by atoms with Crippen molar-refractivity contribution in [1.82, 2.24) is 15.1 Å². The zero-order valence-corrected chi connectivity index (χ0v) is 16.5. The van der Waals surface area contributed by atoms with Gasteiger partial charge in [-0.05, 0) is 38.4 Å². The summed E-state index contributed by atoms with van der Waals surface area (Å²) in [4.78, 5) is 9.12. The highest BCUT2D eigenvalue weighted by Gasteiger charge is 2.18. The Morgan fingerprint density at radius 3 is 2.64 bits per heavy atom. The zero-order chi connectivity index (χ0) is 15.2. The molecule has 1 N–H and O–H groups in total. The number of fused-ring (bicyclic) bond motifs is 1. The lowest BCUT2D eigenvalue weighted by atomic mass is 10.0. The SMILES string of the molecule is CN=C(NCCN(C)C(C)C)N1CCc2ccccc2C1.I. The third-order valence-corrected chi connectivity index (χ3v) is 4.27. The lowest BCUT2D eigenvalue weighted by Gasteiger charge is -2.32. The first kappa shape index (κ1) is 19.2. The highest BCUT2D eigenvalue weighted by atomic mass is 127. The molecule has 1 aliphatic heterocycles. The van der Waals surface area contributed by atoms with Crippen molar-refractivity contribution >= 4 is 29.9 Å². The average molecular weight is 416 g/mol. The highest BCUT2D eigenvalue weighted by molar-refractivity contribution is 14.0. The normalized spacial score (nSPS) is 14.8. The largest absolute Gasteiger partial charge is 0.355 e. The summed E-state index contributed by atoms with van der Waals surface area (Å²) in [5, 5.41) is 3.49. The number of rotatable bonds is 4. The summed E-state index contributed by atoms with van der Waals surface area (Å²) in [6.07, 6.45) is 1.10. The molecule has 0 aliphatic carbocycles. The van der Waals surface area contributed by atoms with Crippen LogP contribution in [0.3, 0.4) is 0 Å². The van der Waals surface area contributed by atoms with Gasteiger partial charge in [0.25, 0.3) is 0 Å². The van der Waals surface area contributed by atoms with Crippen LogP contribution in [0.2, 0.25) is 0 Å². The topological polar surface area (TPSA) is 30.9 Å². The molecule has 0 saturated heterocycles. The van der Waals surface area contributed by atoms with E-state index in [4.69, 9.17) is 0 Å². The van der Waals surface area contributed by atoms with E-state index in [1.807, 2.05) is 7.05 Å². The fourth-order valence-electron chi connectivity index (χ4n) is 2.61. The first-order valence-electron chi connectivity index (χ1n) is 7.84. The molecular formula is C17H29IN4. The standard InChI is InChI=1S/C17H28N4.HI/c1-14(2)20(4)12-10-19-17(18-3)21-11-9-15-7-5-6-8-16(15)13-21;/h5-8,14H,9-13H2,1-4H3,(H,18,19);1H. The van der Waals surface area contributed by atoms with E-state index in [-0.39, 0.29) is 24.0 Å². The number of benzene rings is 1. The van der Waals surface area contributed by atoms with Crippen LogP contribution in [0.4, 0.5) is 0 Å². The molecule has 1 heterocycles. The van der Waals surface area contributed by atoms with E-state index < -0.39 is 0 Å². The summed E-state index contributed by atoms with van der Waals surface area (Å²) >= 11 is 0. The fraction of sp³-hybridized carbons (Fsp3) is 0.588. The van der Waals surface area contributed by atoms with Crippen molar-refractivity contribution in [2.24, 2.45) is 4.99 Å². The van der Waals surface area contributed by atoms with Crippen LogP contribution in [0.5, 0.6) is 0 Å². The Bertz CT molecular complexity index is 487. The zero-order valence-electron chi connectivity index (χ0n) is 14.2. The van der Waals surface area contributed by atoms with Crippen LogP contribution in [-0.2, 0) is 13.0 Å². The van der Waals surface area contributed by atoms with Gasteiger partial charge in [-0.15, -0.1) is 24.0 Å². The van der Waals surface area contributed by atoms with Gasteiger partial charge >= 0.3 is 0 Å². The number of likely N-dealkylation sites (N-methyl/N-ethyl adjacent to an activating group) is 1. The van der Waals surface area contributed by atoms with E-state index in [0.717, 1.165) is 38.6 Å². The Morgan fingerprint density at radius 2 is 2.00 bits per heavy atom. The summed E-state index contributed by atoms with van der Waals surface area (Å²) in [5.41, 5.74) is 2.90. The molecule has 1 aliphatic rings. The third kappa shape index (κ3) is 5.12. The second-order valence-electron chi connectivity index (χ2n) is 5.99. The van der Waals surface area contributed by atoms with E-state index in [2.05, 4.69) is 65.3 Å². The Morgan fingerprint density at radius 1 is 1.32 bits per heavy atom. The Labute approximate surface area is 152 Å². The minimum absolute atomic E-state index is 0. The lowest BCUT2D eigenvalue weighted by molar-refractivity contribution is 0.275. The predicted molar refractivity (Wildman–Crippen MR) is 105 cm³/mol. The number of nitrogens with one attached hydrogen (secondary N) is 1. The summed E-state index contributed by atoms with van der Waals surface area (Å²) in [6, 6.07) is 9.29. The molecular weight excluding hydrogens is 387 g/mol. The van der Waals surface area contributed by atoms with Gasteiger partial charge in [0.05, 0.1) is 0 Å². The van der Waals surface area contributed by atoms with Crippen molar-refractivity contribution < 1.29 is 0 Å². The molecule has 1 aromatic carbocycles. The van der Waals surface area contributed by atoms with Crippen LogP contribution in [0, 0.1) is 0 Å². The Hall–Kier alpha value is -0.820. The van der Waals surface area contributed by atoms with Crippen molar-refractivity contribution in [3.8, 4) is 0 Å². The van der Waals surface area contributed by atoms with Crippen LogP contribution in [0.25, 0.3) is 0 Å². The molecule has 0 bridgehead atoms. The van der Waals surface area contributed by atoms with Gasteiger partial charge < -0.3 is 15.1 Å². The summed E-state index contributed by atoms with van der Waals surface area (Å²) in [7, 11) is 4.03. The smallest absolute Gasteiger partial charge is 0.194 e. The van der Waals surface area contributed by atoms with Crippen molar-refractivity contribution in [3.05, 3.63) is 35.4 Å². The van der Waals surface area contributed by atoms with Crippen LogP contribution in [0.15, 0.2) is 29.3 Å². The highest BCUT2D eigenvalue weighted by Crippen LogP contribution is 2.18. The van der Waals surface area contributed by atoms with Crippen LogP contribution >= 0.6 is 24.0 Å². The molecule has 0 radical (unpaired) electrons. The van der Waals surface area contributed by atoms with E-state index in [9.17, 15) is 0 Å². The average Bonchev–Trinajstić information content (AvgIpc) is 2.50. The maximum atomic E-state index is 4.44. The minimum atomic E-state index is 0. The summed E-state index contributed by atoms with van der Waals surface area (Å²) < 4.78 is 0. The van der Waals surface area contributed by atoms with Crippen molar-refractivity contribution in [3.63, 3.8) is 0 Å². The lowest BCUT2D eigenvalue weighted by Crippen LogP contribution is -2.46. The second kappa shape index (κ2) is 9.35. The van der Waals surface area contributed by atoms with Gasteiger partial charge in [-0.25, -0.2) is 0 Å². The van der Waals surface area contributed by atoms with Crippen molar-refractivity contribution in [2.45, 2.75) is 32.9 Å². The van der Waals surface area contributed by atoms with E-state index in [1.165, 1.54) is 11.1 Å². The van der Waals surface area contributed by atoms with Gasteiger partial charge in [-0.3, -0.25) is 4.99 Å². The number of nitrogens with zero attached hydrogens (tertiary/aromatic N) is 3. The van der Waals surface area contributed by atoms with Crippen molar-refractivity contribution in [1.29, 1.82) is 0 Å². The van der Waals surface area contributed by atoms with E-state index >= 15 is 0 Å². The van der Waals surface area contributed by atoms with E-state index in [1.54, 1.807) is 0 Å². The molecule has 22 heavy (non-hydrogen) atoms. The molecule has 0 aromatic heterocycles. The molecule has 0 atom stereocenters. The number of hydrogen-bond acceptors (Lipinski definition) is 2.